The van der Waals surface area contributed by atoms with Gasteiger partial charge < -0.3 is 9.47 Å². The minimum Gasteiger partial charge on any atom is -0.465 e. The molecular formula is C20H17F3O2. The van der Waals surface area contributed by atoms with Crippen molar-refractivity contribution in [3.63, 3.8) is 0 Å². The van der Waals surface area contributed by atoms with Crippen LogP contribution in [-0.2, 0) is 10.9 Å². The zero-order valence-corrected chi connectivity index (χ0v) is 13.5. The maximum absolute atomic E-state index is 12.5. The molecule has 3 rings (SSSR count). The average molecular weight is 346 g/mol. The highest BCUT2D eigenvalue weighted by Crippen LogP contribution is 2.29. The summed E-state index contributed by atoms with van der Waals surface area (Å²) in [7, 11) is 0. The lowest BCUT2D eigenvalue weighted by Gasteiger charge is -2.23. The van der Waals surface area contributed by atoms with Gasteiger partial charge in [0.15, 0.2) is 6.29 Å². The summed E-state index contributed by atoms with van der Waals surface area (Å²) in [6.07, 6.45) is -1.48. The van der Waals surface area contributed by atoms with Crippen LogP contribution in [-0.4, -0.2) is 12.9 Å². The van der Waals surface area contributed by atoms with Crippen molar-refractivity contribution in [2.24, 2.45) is 0 Å². The Balaban J connectivity index is 1.62. The fourth-order valence-corrected chi connectivity index (χ4v) is 2.46. The van der Waals surface area contributed by atoms with E-state index >= 15 is 0 Å². The van der Waals surface area contributed by atoms with Gasteiger partial charge in [0.1, 0.15) is 5.75 Å². The predicted molar refractivity (Wildman–Crippen MR) is 88.1 cm³/mol. The number of halogens is 3. The van der Waals surface area contributed by atoms with Gasteiger partial charge in [-0.3, -0.25) is 0 Å². The fraction of sp³-hybridized carbons (Fsp3) is 0.300. The highest BCUT2D eigenvalue weighted by Gasteiger charge is 2.29. The van der Waals surface area contributed by atoms with E-state index in [1.54, 1.807) is 0 Å². The third-order valence-corrected chi connectivity index (χ3v) is 3.82. The lowest BCUT2D eigenvalue weighted by molar-refractivity contribution is -0.137. The maximum atomic E-state index is 12.5. The molecular weight excluding hydrogens is 329 g/mol. The molecule has 0 radical (unpaired) electrons. The summed E-state index contributed by atoms with van der Waals surface area (Å²) in [5, 5.41) is 0. The quantitative estimate of drug-likeness (QED) is 0.712. The molecule has 2 aromatic carbocycles. The number of hydrogen-bond acceptors (Lipinski definition) is 2. The zero-order chi connectivity index (χ0) is 17.7. The molecule has 0 N–H and O–H groups in total. The van der Waals surface area contributed by atoms with Crippen molar-refractivity contribution in [2.45, 2.75) is 31.7 Å². The van der Waals surface area contributed by atoms with Crippen LogP contribution in [0.4, 0.5) is 13.2 Å². The molecule has 1 fully saturated rings. The summed E-state index contributed by atoms with van der Waals surface area (Å²) in [6, 6.07) is 12.1. The van der Waals surface area contributed by atoms with E-state index < -0.39 is 11.7 Å². The SMILES string of the molecule is FC(F)(F)c1ccc(C#Cc2ccc(OC3CCCCO3)cc2)cc1. The summed E-state index contributed by atoms with van der Waals surface area (Å²) in [5.41, 5.74) is 0.616. The molecule has 0 aromatic heterocycles. The molecule has 1 aliphatic rings. The van der Waals surface area contributed by atoms with Gasteiger partial charge in [-0.1, -0.05) is 11.8 Å². The van der Waals surface area contributed by atoms with Crippen molar-refractivity contribution in [3.8, 4) is 17.6 Å². The van der Waals surface area contributed by atoms with E-state index in [9.17, 15) is 13.2 Å². The van der Waals surface area contributed by atoms with Crippen LogP contribution in [0.15, 0.2) is 48.5 Å². The van der Waals surface area contributed by atoms with E-state index in [1.165, 1.54) is 12.1 Å². The third kappa shape index (κ3) is 5.01. The van der Waals surface area contributed by atoms with E-state index in [4.69, 9.17) is 9.47 Å². The monoisotopic (exact) mass is 346 g/mol. The van der Waals surface area contributed by atoms with E-state index in [-0.39, 0.29) is 6.29 Å². The fourth-order valence-electron chi connectivity index (χ4n) is 2.46. The minimum atomic E-state index is -4.33. The molecule has 0 amide bonds. The lowest BCUT2D eigenvalue weighted by Crippen LogP contribution is -2.24. The molecule has 25 heavy (non-hydrogen) atoms. The van der Waals surface area contributed by atoms with Crippen LogP contribution in [0.5, 0.6) is 5.75 Å². The third-order valence-electron chi connectivity index (χ3n) is 3.82. The van der Waals surface area contributed by atoms with Crippen LogP contribution in [0.25, 0.3) is 0 Å². The summed E-state index contributed by atoms with van der Waals surface area (Å²) >= 11 is 0. The normalized spacial score (nSPS) is 17.5. The smallest absolute Gasteiger partial charge is 0.416 e. The van der Waals surface area contributed by atoms with Crippen molar-refractivity contribution < 1.29 is 22.6 Å². The van der Waals surface area contributed by atoms with Crippen LogP contribution >= 0.6 is 0 Å². The first kappa shape index (κ1) is 17.4. The van der Waals surface area contributed by atoms with Crippen LogP contribution in [0, 0.1) is 11.8 Å². The highest BCUT2D eigenvalue weighted by atomic mass is 19.4. The van der Waals surface area contributed by atoms with Gasteiger partial charge in [0.05, 0.1) is 12.2 Å². The molecule has 1 unspecified atom stereocenters. The van der Waals surface area contributed by atoms with Crippen molar-refractivity contribution in [2.75, 3.05) is 6.61 Å². The van der Waals surface area contributed by atoms with Crippen molar-refractivity contribution in [1.29, 1.82) is 0 Å². The van der Waals surface area contributed by atoms with E-state index in [2.05, 4.69) is 11.8 Å². The molecule has 1 atom stereocenters. The van der Waals surface area contributed by atoms with Crippen molar-refractivity contribution >= 4 is 0 Å². The van der Waals surface area contributed by atoms with Crippen LogP contribution in [0.3, 0.4) is 0 Å². The largest absolute Gasteiger partial charge is 0.465 e. The molecule has 0 spiro atoms. The lowest BCUT2D eigenvalue weighted by atomic mass is 10.1. The Kier molecular flexibility index (Phi) is 5.30. The number of ether oxygens (including phenoxy) is 2. The number of benzene rings is 2. The Morgan fingerprint density at radius 3 is 2.00 bits per heavy atom. The average Bonchev–Trinajstić information content (AvgIpc) is 2.62. The molecule has 0 saturated carbocycles. The van der Waals surface area contributed by atoms with Gasteiger partial charge in [0.25, 0.3) is 0 Å². The minimum absolute atomic E-state index is 0.196. The standard InChI is InChI=1S/C20H17F3O2/c21-20(22,23)17-10-6-15(7-11-17)4-5-16-8-12-18(13-9-16)25-19-3-1-2-14-24-19/h6-13,19H,1-3,14H2. The van der Waals surface area contributed by atoms with Gasteiger partial charge in [0.2, 0.25) is 0 Å². The topological polar surface area (TPSA) is 18.5 Å². The Bertz CT molecular complexity index is 747. The molecule has 1 heterocycles. The second kappa shape index (κ2) is 7.62. The second-order valence-electron chi connectivity index (χ2n) is 5.76. The highest BCUT2D eigenvalue weighted by molar-refractivity contribution is 5.45. The van der Waals surface area contributed by atoms with Crippen LogP contribution < -0.4 is 4.74 Å². The summed E-state index contributed by atoms with van der Waals surface area (Å²) in [4.78, 5) is 0. The summed E-state index contributed by atoms with van der Waals surface area (Å²) in [5.74, 6) is 6.50. The Morgan fingerprint density at radius 1 is 0.880 bits per heavy atom. The Morgan fingerprint density at radius 2 is 1.48 bits per heavy atom. The first-order valence-electron chi connectivity index (χ1n) is 8.08. The first-order chi connectivity index (χ1) is 12.0. The van der Waals surface area contributed by atoms with Crippen molar-refractivity contribution in [1.82, 2.24) is 0 Å². The van der Waals surface area contributed by atoms with Crippen molar-refractivity contribution in [3.05, 3.63) is 65.2 Å². The maximum Gasteiger partial charge on any atom is 0.416 e. The molecule has 2 aromatic rings. The van der Waals surface area contributed by atoms with Gasteiger partial charge in [-0.15, -0.1) is 0 Å². The molecule has 2 nitrogen and oxygen atoms in total. The van der Waals surface area contributed by atoms with E-state index in [1.807, 2.05) is 24.3 Å². The number of rotatable bonds is 2. The first-order valence-corrected chi connectivity index (χ1v) is 8.08. The van der Waals surface area contributed by atoms with Crippen LogP contribution in [0.2, 0.25) is 0 Å². The molecule has 1 aliphatic heterocycles. The number of hydrogen-bond donors (Lipinski definition) is 0. The predicted octanol–water partition coefficient (Wildman–Crippen LogP) is 5.01. The van der Waals surface area contributed by atoms with Crippen LogP contribution in [0.1, 0.15) is 36.0 Å². The molecule has 130 valence electrons. The molecule has 5 heteroatoms. The van der Waals surface area contributed by atoms with Gasteiger partial charge in [0, 0.05) is 17.5 Å². The van der Waals surface area contributed by atoms with Gasteiger partial charge >= 0.3 is 6.18 Å². The second-order valence-corrected chi connectivity index (χ2v) is 5.76. The van der Waals surface area contributed by atoms with E-state index in [0.717, 1.165) is 43.6 Å². The Labute approximate surface area is 144 Å². The Hall–Kier alpha value is -2.45. The zero-order valence-electron chi connectivity index (χ0n) is 13.5. The molecule has 0 bridgehead atoms. The van der Waals surface area contributed by atoms with Gasteiger partial charge in [-0.2, -0.15) is 13.2 Å². The number of alkyl halides is 3. The molecule has 1 saturated heterocycles. The summed E-state index contributed by atoms with van der Waals surface area (Å²) < 4.78 is 48.8. The summed E-state index contributed by atoms with van der Waals surface area (Å²) in [6.45, 7) is 0.724. The van der Waals surface area contributed by atoms with Gasteiger partial charge in [-0.05, 0) is 61.4 Å². The van der Waals surface area contributed by atoms with E-state index in [0.29, 0.717) is 11.3 Å². The van der Waals surface area contributed by atoms with Gasteiger partial charge in [-0.25, -0.2) is 0 Å². The molecule has 0 aliphatic carbocycles.